The summed E-state index contributed by atoms with van der Waals surface area (Å²) in [6, 6.07) is 0. The molecule has 0 fully saturated rings. The standard InChI is InChI=1S/2O.Re.Ru. The average Bonchev–Trinajstić information content (AvgIpc) is 1.50. The van der Waals surface area contributed by atoms with Gasteiger partial charge in [-0.15, -0.1) is 0 Å². The first kappa shape index (κ1) is 8.86. The molecule has 0 saturated heterocycles. The molecule has 0 heterocycles. The fourth-order valence-electron chi connectivity index (χ4n) is 0. The molecular weight excluding hydrogens is 319 g/mol. The Morgan fingerprint density at radius 2 is 1.25 bits per heavy atom. The Balaban J connectivity index is 0. The Bertz CT molecular complexity index is 8.00. The first-order chi connectivity index (χ1) is 2.00. The zero-order chi connectivity index (χ0) is 4.00. The molecule has 0 spiro atoms. The van der Waals surface area contributed by atoms with E-state index in [2.05, 4.69) is 0 Å². The minimum atomic E-state index is 0.472. The summed E-state index contributed by atoms with van der Waals surface area (Å²) in [5.41, 5.74) is 0. The maximum atomic E-state index is 8.31. The molecule has 4 heavy (non-hydrogen) atoms. The van der Waals surface area contributed by atoms with Gasteiger partial charge in [-0.05, 0) is 0 Å². The second-order valence-corrected chi connectivity index (χ2v) is 0. The Labute approximate surface area is 44.6 Å². The van der Waals surface area contributed by atoms with Crippen LogP contribution in [0, 0.1) is 0 Å². The van der Waals surface area contributed by atoms with E-state index in [9.17, 15) is 0 Å². The van der Waals surface area contributed by atoms with Crippen LogP contribution < -0.4 is 0 Å². The van der Waals surface area contributed by atoms with E-state index in [1.165, 1.54) is 0 Å². The van der Waals surface area contributed by atoms with E-state index in [1.807, 2.05) is 0 Å². The first-order valence-corrected chi connectivity index (χ1v) is 2.12. The van der Waals surface area contributed by atoms with Crippen LogP contribution in [0.15, 0.2) is 0 Å². The molecule has 0 bridgehead atoms. The van der Waals surface area contributed by atoms with Crippen molar-refractivity contribution in [3.63, 3.8) is 0 Å². The van der Waals surface area contributed by atoms with Crippen molar-refractivity contribution in [1.82, 2.24) is 0 Å². The van der Waals surface area contributed by atoms with Gasteiger partial charge in [0.05, 0.1) is 0 Å². The summed E-state index contributed by atoms with van der Waals surface area (Å²) >= 11 is 1.57. The van der Waals surface area contributed by atoms with Gasteiger partial charge in [-0.2, -0.15) is 0 Å². The summed E-state index contributed by atoms with van der Waals surface area (Å²) in [7, 11) is 0. The molecule has 0 aliphatic carbocycles. The van der Waals surface area contributed by atoms with Crippen molar-refractivity contribution in [1.29, 1.82) is 0 Å². The van der Waals surface area contributed by atoms with Crippen LogP contribution in [0.25, 0.3) is 0 Å². The Morgan fingerprint density at radius 1 is 1.25 bits per heavy atom. The quantitative estimate of drug-likeness (QED) is 0.578. The molecule has 2 nitrogen and oxygen atoms in total. The molecule has 0 atom stereocenters. The second-order valence-electron chi connectivity index (χ2n) is 0. The van der Waals surface area contributed by atoms with Crippen LogP contribution in [0.3, 0.4) is 0 Å². The summed E-state index contributed by atoms with van der Waals surface area (Å²) in [5.74, 6) is 0. The van der Waals surface area contributed by atoms with E-state index in [0.717, 1.165) is 18.3 Å². The predicted octanol–water partition coefficient (Wildman–Crippen LogP) is -0.243. The normalized spacial score (nSPS) is 2.25. The van der Waals surface area contributed by atoms with Gasteiger partial charge < -0.3 is 0 Å². The Morgan fingerprint density at radius 3 is 1.25 bits per heavy atom. The van der Waals surface area contributed by atoms with Crippen LogP contribution in [0.2, 0.25) is 0 Å². The summed E-state index contributed by atoms with van der Waals surface area (Å²) < 4.78 is 16.5. The number of hydrogen-bond donors (Lipinski definition) is 0. The van der Waals surface area contributed by atoms with Gasteiger partial charge in [0.2, 0.25) is 0 Å². The molecule has 0 aromatic carbocycles. The molecule has 27 valence electrons. The Kier molecular flexibility index (Phi) is 91.3. The second kappa shape index (κ2) is 41.2. The zero-order valence-corrected chi connectivity index (χ0v) is 6.00. The van der Waals surface area contributed by atoms with Crippen molar-refractivity contribution >= 4 is 0 Å². The SMILES string of the molecule is [O]=[Re].[O]=[Ru]. The average molecular weight is 319 g/mol. The van der Waals surface area contributed by atoms with Crippen LogP contribution in [0.4, 0.5) is 0 Å². The molecular formula is O2ReRu. The van der Waals surface area contributed by atoms with Crippen molar-refractivity contribution in [3.05, 3.63) is 0 Å². The summed E-state index contributed by atoms with van der Waals surface area (Å²) in [4.78, 5) is 0. The van der Waals surface area contributed by atoms with Gasteiger partial charge in [-0.25, -0.2) is 0 Å². The molecule has 0 N–H and O–H groups in total. The molecule has 0 aromatic rings. The fourth-order valence-corrected chi connectivity index (χ4v) is 0. The summed E-state index contributed by atoms with van der Waals surface area (Å²) in [6.07, 6.45) is 0. The molecule has 0 amide bonds. The monoisotopic (exact) mass is 321 g/mol. The Hall–Kier alpha value is 0.886. The van der Waals surface area contributed by atoms with Crippen molar-refractivity contribution < 1.29 is 44.5 Å². The number of hydrogen-bond acceptors (Lipinski definition) is 2. The van der Waals surface area contributed by atoms with E-state index in [-0.39, 0.29) is 0 Å². The van der Waals surface area contributed by atoms with Gasteiger partial charge in [-0.3, -0.25) is 0 Å². The van der Waals surface area contributed by atoms with Crippen LogP contribution in [0.1, 0.15) is 0 Å². The van der Waals surface area contributed by atoms with Crippen LogP contribution in [-0.2, 0) is 44.5 Å². The molecule has 0 saturated carbocycles. The third-order valence-electron chi connectivity index (χ3n) is 0. The van der Waals surface area contributed by atoms with E-state index in [0.29, 0.717) is 19.2 Å². The van der Waals surface area contributed by atoms with Gasteiger partial charge in [0.1, 0.15) is 0 Å². The summed E-state index contributed by atoms with van der Waals surface area (Å²) in [6.45, 7) is 0. The van der Waals surface area contributed by atoms with Gasteiger partial charge in [0.15, 0.2) is 0 Å². The van der Waals surface area contributed by atoms with E-state index in [1.54, 1.807) is 0 Å². The molecule has 0 aliphatic heterocycles. The van der Waals surface area contributed by atoms with Crippen molar-refractivity contribution in [3.8, 4) is 0 Å². The van der Waals surface area contributed by atoms with E-state index < -0.39 is 0 Å². The topological polar surface area (TPSA) is 34.1 Å². The molecule has 0 aromatic heterocycles. The minimum absolute atomic E-state index is 0.472. The predicted molar refractivity (Wildman–Crippen MR) is 1.37 cm³/mol. The van der Waals surface area contributed by atoms with Crippen LogP contribution in [-0.4, -0.2) is 0 Å². The molecule has 0 radical (unpaired) electrons. The van der Waals surface area contributed by atoms with Crippen molar-refractivity contribution in [2.75, 3.05) is 0 Å². The van der Waals surface area contributed by atoms with E-state index >= 15 is 0 Å². The number of rotatable bonds is 0. The summed E-state index contributed by atoms with van der Waals surface area (Å²) in [5, 5.41) is 0. The van der Waals surface area contributed by atoms with Crippen LogP contribution in [0.5, 0.6) is 0 Å². The van der Waals surface area contributed by atoms with Crippen molar-refractivity contribution in [2.45, 2.75) is 0 Å². The van der Waals surface area contributed by atoms with E-state index in [4.69, 9.17) is 7.04 Å². The first-order valence-electron chi connectivity index (χ1n) is 0.299. The third kappa shape index (κ3) is 13.1. The molecule has 0 rings (SSSR count). The van der Waals surface area contributed by atoms with Gasteiger partial charge in [0.25, 0.3) is 0 Å². The van der Waals surface area contributed by atoms with Gasteiger partial charge in [-0.1, -0.05) is 0 Å². The van der Waals surface area contributed by atoms with Gasteiger partial charge >= 0.3 is 44.5 Å². The molecule has 4 heteroatoms. The molecule has 0 unspecified atom stereocenters. The molecule has 0 aliphatic rings. The zero-order valence-electron chi connectivity index (χ0n) is 1.55. The van der Waals surface area contributed by atoms with Crippen molar-refractivity contribution in [2.24, 2.45) is 0 Å². The van der Waals surface area contributed by atoms with Gasteiger partial charge in [0, 0.05) is 0 Å². The fraction of sp³-hybridized carbons (Fsp3) is 0. The third-order valence-corrected chi connectivity index (χ3v) is 0. The maximum absolute atomic E-state index is 8.31. The van der Waals surface area contributed by atoms with Crippen LogP contribution >= 0.6 is 0 Å².